The lowest BCUT2D eigenvalue weighted by atomic mass is 9.63. The number of carbonyl (C=O) groups is 2. The number of hydrogen-bond donors (Lipinski definition) is 4. The molecular formula is C36H43F2N3O4. The third kappa shape index (κ3) is 7.78. The fourth-order valence-corrected chi connectivity index (χ4v) is 6.62. The Bertz CT molecular complexity index is 1580. The van der Waals surface area contributed by atoms with Crippen molar-refractivity contribution >= 4 is 22.6 Å². The van der Waals surface area contributed by atoms with Crippen LogP contribution < -0.4 is 11.1 Å². The number of phenolic OH excluding ortho intramolecular Hbond substituents is 1. The summed E-state index contributed by atoms with van der Waals surface area (Å²) in [7, 11) is 0. The van der Waals surface area contributed by atoms with E-state index in [1.807, 2.05) is 44.2 Å². The number of allylic oxidation sites excluding steroid dienone is 2. The number of nitrogens with one attached hydrogen (secondary N) is 1. The van der Waals surface area contributed by atoms with E-state index in [4.69, 9.17) is 5.73 Å². The standard InChI is InChI=1S/C36H43F2N3O4/c1-4-12-41(13-5-2)35(45)36(19-23(3)14-26(20-36)34(39)44)31(17-24-15-27(37)18-28(38)16-24)33(43)22-40-21-30-29-9-7-6-8-25(29)10-11-32(30)42/h6-11,14-16,18-19,31,33,40,42-43H,4-5,12-13,17,20-22H2,1-3H3,(H2,39,44)/t31-,33+,36?/m1/s1. The average molecular weight is 620 g/mol. The molecule has 1 unspecified atom stereocenters. The van der Waals surface area contributed by atoms with Gasteiger partial charge in [0.15, 0.2) is 0 Å². The third-order valence-electron chi connectivity index (χ3n) is 8.53. The Balaban J connectivity index is 1.77. The summed E-state index contributed by atoms with van der Waals surface area (Å²) in [5.74, 6) is -3.29. The van der Waals surface area contributed by atoms with Crippen molar-refractivity contribution in [2.75, 3.05) is 19.6 Å². The lowest BCUT2D eigenvalue weighted by Crippen LogP contribution is -2.54. The molecule has 1 aliphatic carbocycles. The zero-order valence-electron chi connectivity index (χ0n) is 26.2. The molecule has 3 atom stereocenters. The summed E-state index contributed by atoms with van der Waals surface area (Å²) in [5.41, 5.74) is 6.13. The van der Waals surface area contributed by atoms with Gasteiger partial charge in [-0.2, -0.15) is 0 Å². The normalized spacial score (nSPS) is 17.8. The van der Waals surface area contributed by atoms with Crippen molar-refractivity contribution in [2.45, 2.75) is 59.1 Å². The summed E-state index contributed by atoms with van der Waals surface area (Å²) in [6.07, 6.45) is 3.49. The quantitative estimate of drug-likeness (QED) is 0.189. The lowest BCUT2D eigenvalue weighted by molar-refractivity contribution is -0.145. The number of rotatable bonds is 14. The molecule has 4 rings (SSSR count). The van der Waals surface area contributed by atoms with Crippen molar-refractivity contribution in [3.63, 3.8) is 0 Å². The van der Waals surface area contributed by atoms with E-state index in [0.717, 1.165) is 16.8 Å². The van der Waals surface area contributed by atoms with Gasteiger partial charge >= 0.3 is 0 Å². The van der Waals surface area contributed by atoms with Crippen LogP contribution in [-0.2, 0) is 22.6 Å². The van der Waals surface area contributed by atoms with Crippen molar-refractivity contribution in [1.29, 1.82) is 0 Å². The van der Waals surface area contributed by atoms with E-state index in [9.17, 15) is 28.6 Å². The van der Waals surface area contributed by atoms with Gasteiger partial charge in [-0.3, -0.25) is 9.59 Å². The van der Waals surface area contributed by atoms with Crippen LogP contribution in [0, 0.1) is 23.0 Å². The Morgan fingerprint density at radius 1 is 1.04 bits per heavy atom. The van der Waals surface area contributed by atoms with E-state index >= 15 is 0 Å². The number of halogens is 2. The van der Waals surface area contributed by atoms with Crippen molar-refractivity contribution in [1.82, 2.24) is 10.2 Å². The van der Waals surface area contributed by atoms with Gasteiger partial charge in [-0.25, -0.2) is 8.78 Å². The number of phenols is 1. The largest absolute Gasteiger partial charge is 0.508 e. The molecular weight excluding hydrogens is 576 g/mol. The van der Waals surface area contributed by atoms with Crippen molar-refractivity contribution in [3.05, 3.63) is 101 Å². The van der Waals surface area contributed by atoms with E-state index in [1.54, 1.807) is 30.0 Å². The number of nitrogens with two attached hydrogens (primary N) is 1. The Morgan fingerprint density at radius 3 is 2.36 bits per heavy atom. The number of aliphatic hydroxyl groups is 1. The van der Waals surface area contributed by atoms with Crippen LogP contribution in [0.4, 0.5) is 8.78 Å². The van der Waals surface area contributed by atoms with Crippen LogP contribution in [-0.4, -0.2) is 52.7 Å². The molecule has 0 aromatic heterocycles. The average Bonchev–Trinajstić information content (AvgIpc) is 2.99. The number of carbonyl (C=O) groups excluding carboxylic acids is 2. The summed E-state index contributed by atoms with van der Waals surface area (Å²) < 4.78 is 28.8. The molecule has 0 radical (unpaired) electrons. The lowest BCUT2D eigenvalue weighted by Gasteiger charge is -2.45. The van der Waals surface area contributed by atoms with Gasteiger partial charge in [0, 0.05) is 49.3 Å². The fraction of sp³-hybridized carbons (Fsp3) is 0.389. The molecule has 7 nitrogen and oxygen atoms in total. The van der Waals surface area contributed by atoms with Gasteiger partial charge in [0.2, 0.25) is 11.8 Å². The maximum Gasteiger partial charge on any atom is 0.244 e. The Kier molecular flexibility index (Phi) is 11.1. The minimum atomic E-state index is -1.43. The molecule has 1 aliphatic rings. The molecule has 3 aromatic carbocycles. The monoisotopic (exact) mass is 619 g/mol. The number of hydrogen-bond acceptors (Lipinski definition) is 5. The molecule has 0 bridgehead atoms. The minimum absolute atomic E-state index is 0.00970. The van der Waals surface area contributed by atoms with Gasteiger partial charge in [0.1, 0.15) is 17.4 Å². The van der Waals surface area contributed by atoms with E-state index in [1.165, 1.54) is 12.1 Å². The molecule has 45 heavy (non-hydrogen) atoms. The Morgan fingerprint density at radius 2 is 1.71 bits per heavy atom. The van der Waals surface area contributed by atoms with Crippen molar-refractivity contribution < 1.29 is 28.6 Å². The number of aromatic hydroxyl groups is 1. The minimum Gasteiger partial charge on any atom is -0.508 e. The SMILES string of the molecule is CCCN(CCC)C(=O)C1([C@H](Cc2cc(F)cc(F)c2)[C@@H](O)CNCc2c(O)ccc3ccccc23)C=C(C)C=C(C(N)=O)C1. The Labute approximate surface area is 263 Å². The second kappa shape index (κ2) is 14.8. The second-order valence-corrected chi connectivity index (χ2v) is 12.0. The maximum absolute atomic E-state index is 14.7. The highest BCUT2D eigenvalue weighted by Gasteiger charge is 2.50. The van der Waals surface area contributed by atoms with Gasteiger partial charge in [-0.15, -0.1) is 0 Å². The third-order valence-corrected chi connectivity index (χ3v) is 8.53. The van der Waals surface area contributed by atoms with Gasteiger partial charge in [-0.1, -0.05) is 61.9 Å². The van der Waals surface area contributed by atoms with Gasteiger partial charge < -0.3 is 26.2 Å². The number of amides is 2. The molecule has 0 heterocycles. The highest BCUT2D eigenvalue weighted by Crippen LogP contribution is 2.46. The van der Waals surface area contributed by atoms with Crippen LogP contribution in [0.25, 0.3) is 10.8 Å². The van der Waals surface area contributed by atoms with Crippen LogP contribution in [0.5, 0.6) is 5.75 Å². The Hall–Kier alpha value is -4.08. The molecule has 240 valence electrons. The van der Waals surface area contributed by atoms with Crippen LogP contribution >= 0.6 is 0 Å². The first-order chi connectivity index (χ1) is 21.5. The predicted molar refractivity (Wildman–Crippen MR) is 172 cm³/mol. The first-order valence-corrected chi connectivity index (χ1v) is 15.5. The van der Waals surface area contributed by atoms with E-state index in [2.05, 4.69) is 5.32 Å². The summed E-state index contributed by atoms with van der Waals surface area (Å²) in [5, 5.41) is 27.6. The molecule has 9 heteroatoms. The smallest absolute Gasteiger partial charge is 0.244 e. The molecule has 5 N–H and O–H groups in total. The van der Waals surface area contributed by atoms with Crippen LogP contribution in [0.1, 0.15) is 51.2 Å². The highest BCUT2D eigenvalue weighted by molar-refractivity contribution is 5.96. The van der Waals surface area contributed by atoms with E-state index < -0.39 is 35.0 Å². The maximum atomic E-state index is 14.7. The summed E-state index contributed by atoms with van der Waals surface area (Å²) in [6.45, 7) is 6.83. The fourth-order valence-electron chi connectivity index (χ4n) is 6.62. The summed E-state index contributed by atoms with van der Waals surface area (Å²) in [4.78, 5) is 28.9. The molecule has 2 amide bonds. The van der Waals surface area contributed by atoms with E-state index in [-0.39, 0.29) is 48.7 Å². The van der Waals surface area contributed by atoms with Crippen molar-refractivity contribution in [3.8, 4) is 5.75 Å². The summed E-state index contributed by atoms with van der Waals surface area (Å²) >= 11 is 0. The first-order valence-electron chi connectivity index (χ1n) is 15.5. The molecule has 0 fully saturated rings. The first kappa shape index (κ1) is 33.8. The molecule has 3 aromatic rings. The zero-order chi connectivity index (χ0) is 32.7. The number of benzene rings is 3. The number of aliphatic hydroxyl groups excluding tert-OH is 1. The molecule has 0 spiro atoms. The van der Waals surface area contributed by atoms with Gasteiger partial charge in [0.05, 0.1) is 11.5 Å². The summed E-state index contributed by atoms with van der Waals surface area (Å²) in [6, 6.07) is 14.2. The topological polar surface area (TPSA) is 116 Å². The molecule has 0 aliphatic heterocycles. The second-order valence-electron chi connectivity index (χ2n) is 12.0. The van der Waals surface area contributed by atoms with Gasteiger partial charge in [-0.05, 0) is 67.1 Å². The van der Waals surface area contributed by atoms with Gasteiger partial charge in [0.25, 0.3) is 0 Å². The number of primary amides is 1. The van der Waals surface area contributed by atoms with Crippen LogP contribution in [0.3, 0.4) is 0 Å². The number of fused-ring (bicyclic) bond motifs is 1. The molecule has 0 saturated carbocycles. The molecule has 0 saturated heterocycles. The highest BCUT2D eigenvalue weighted by atomic mass is 19.1. The van der Waals surface area contributed by atoms with Crippen molar-refractivity contribution in [2.24, 2.45) is 17.1 Å². The zero-order valence-corrected chi connectivity index (χ0v) is 26.2. The number of nitrogens with zero attached hydrogens (tertiary/aromatic N) is 1. The predicted octanol–water partition coefficient (Wildman–Crippen LogP) is 5.53. The van der Waals surface area contributed by atoms with E-state index in [0.29, 0.717) is 37.1 Å². The van der Waals surface area contributed by atoms with Crippen LogP contribution in [0.2, 0.25) is 0 Å². The van der Waals surface area contributed by atoms with Crippen LogP contribution in [0.15, 0.2) is 77.9 Å².